The predicted molar refractivity (Wildman–Crippen MR) is 122 cm³/mol. The highest BCUT2D eigenvalue weighted by molar-refractivity contribution is 14.1. The number of para-hydroxylation sites is 1. The van der Waals surface area contributed by atoms with Gasteiger partial charge in [-0.3, -0.25) is 19.5 Å². The third-order valence-corrected chi connectivity index (χ3v) is 5.07. The Hall–Kier alpha value is -3.33. The molecule has 0 amide bonds. The lowest BCUT2D eigenvalue weighted by Gasteiger charge is -2.11. The highest BCUT2D eigenvalue weighted by Gasteiger charge is 2.11. The third-order valence-electron chi connectivity index (χ3n) is 4.40. The normalized spacial score (nSPS) is 11.2. The lowest BCUT2D eigenvalue weighted by molar-refractivity contribution is -0.384. The average Bonchev–Trinajstić information content (AvgIpc) is 2.74. The van der Waals surface area contributed by atoms with Gasteiger partial charge >= 0.3 is 0 Å². The molecule has 0 saturated carbocycles. The standard InChI is InChI=1S/C22H14IN3O3/c23-16-9-12-20-19(14-16)22(27)25(17-4-2-1-3-5-17)21(24-20)13-8-15-6-10-18(11-7-15)26(28)29/h1-14H. The Morgan fingerprint density at radius 3 is 2.38 bits per heavy atom. The van der Waals surface area contributed by atoms with Crippen molar-refractivity contribution >= 4 is 51.3 Å². The van der Waals surface area contributed by atoms with Gasteiger partial charge in [-0.2, -0.15) is 0 Å². The second-order valence-electron chi connectivity index (χ2n) is 6.29. The molecule has 0 fully saturated rings. The Bertz CT molecular complexity index is 1300. The molecule has 0 aliphatic rings. The number of nitrogens with zero attached hydrogens (tertiary/aromatic N) is 3. The van der Waals surface area contributed by atoms with Crippen molar-refractivity contribution in [2.75, 3.05) is 0 Å². The molecule has 0 unspecified atom stereocenters. The fourth-order valence-electron chi connectivity index (χ4n) is 2.99. The number of benzene rings is 3. The van der Waals surface area contributed by atoms with E-state index in [4.69, 9.17) is 0 Å². The van der Waals surface area contributed by atoms with E-state index in [0.29, 0.717) is 22.4 Å². The van der Waals surface area contributed by atoms with Gasteiger partial charge in [0.15, 0.2) is 0 Å². The summed E-state index contributed by atoms with van der Waals surface area (Å²) in [6, 6.07) is 21.1. The van der Waals surface area contributed by atoms with Crippen LogP contribution in [-0.2, 0) is 0 Å². The Labute approximate surface area is 179 Å². The van der Waals surface area contributed by atoms with Gasteiger partial charge < -0.3 is 0 Å². The topological polar surface area (TPSA) is 78.0 Å². The maximum atomic E-state index is 13.2. The van der Waals surface area contributed by atoms with Crippen LogP contribution in [0.25, 0.3) is 28.7 Å². The van der Waals surface area contributed by atoms with Gasteiger partial charge in [0, 0.05) is 15.7 Å². The summed E-state index contributed by atoms with van der Waals surface area (Å²) in [5.74, 6) is 0.480. The Morgan fingerprint density at radius 2 is 1.69 bits per heavy atom. The highest BCUT2D eigenvalue weighted by atomic mass is 127. The molecule has 4 rings (SSSR count). The molecule has 0 aliphatic carbocycles. The number of halogens is 1. The molecule has 4 aromatic rings. The summed E-state index contributed by atoms with van der Waals surface area (Å²) < 4.78 is 2.53. The average molecular weight is 495 g/mol. The van der Waals surface area contributed by atoms with Gasteiger partial charge in [0.2, 0.25) is 0 Å². The first-order valence-corrected chi connectivity index (χ1v) is 9.81. The van der Waals surface area contributed by atoms with E-state index in [1.54, 1.807) is 28.9 Å². The summed E-state index contributed by atoms with van der Waals surface area (Å²) in [6.07, 6.45) is 3.52. The van der Waals surface area contributed by atoms with Crippen molar-refractivity contribution in [2.45, 2.75) is 0 Å². The fraction of sp³-hybridized carbons (Fsp3) is 0. The van der Waals surface area contributed by atoms with Gasteiger partial charge in [0.25, 0.3) is 11.2 Å². The third kappa shape index (κ3) is 3.95. The first-order valence-electron chi connectivity index (χ1n) is 8.73. The van der Waals surface area contributed by atoms with Crippen LogP contribution in [0.15, 0.2) is 77.6 Å². The second-order valence-corrected chi connectivity index (χ2v) is 7.54. The number of rotatable bonds is 4. The lowest BCUT2D eigenvalue weighted by Crippen LogP contribution is -2.22. The van der Waals surface area contributed by atoms with E-state index in [0.717, 1.165) is 9.13 Å². The molecular weight excluding hydrogens is 481 g/mol. The zero-order valence-corrected chi connectivity index (χ0v) is 17.2. The van der Waals surface area contributed by atoms with Crippen molar-refractivity contribution in [3.63, 3.8) is 0 Å². The van der Waals surface area contributed by atoms with Crippen LogP contribution in [0.2, 0.25) is 0 Å². The quantitative estimate of drug-likeness (QED) is 0.225. The van der Waals surface area contributed by atoms with E-state index >= 15 is 0 Å². The lowest BCUT2D eigenvalue weighted by atomic mass is 10.2. The molecule has 0 spiro atoms. The molecule has 1 heterocycles. The molecule has 7 heteroatoms. The molecular formula is C22H14IN3O3. The van der Waals surface area contributed by atoms with Crippen LogP contribution in [0, 0.1) is 13.7 Å². The summed E-state index contributed by atoms with van der Waals surface area (Å²) >= 11 is 2.17. The molecule has 0 aliphatic heterocycles. The summed E-state index contributed by atoms with van der Waals surface area (Å²) in [4.78, 5) is 28.3. The van der Waals surface area contributed by atoms with Gasteiger partial charge in [0.1, 0.15) is 5.82 Å². The SMILES string of the molecule is O=c1c2cc(I)ccc2nc(C=Cc2ccc([N+](=O)[O-])cc2)n1-c1ccccc1. The Morgan fingerprint density at radius 1 is 0.966 bits per heavy atom. The maximum absolute atomic E-state index is 13.2. The predicted octanol–water partition coefficient (Wildman–Crippen LogP) is 5.07. The van der Waals surface area contributed by atoms with Crippen LogP contribution in [0.5, 0.6) is 0 Å². The monoisotopic (exact) mass is 495 g/mol. The molecule has 0 N–H and O–H groups in total. The van der Waals surface area contributed by atoms with Crippen LogP contribution in [-0.4, -0.2) is 14.5 Å². The van der Waals surface area contributed by atoms with Gasteiger partial charge in [-0.15, -0.1) is 0 Å². The largest absolute Gasteiger partial charge is 0.269 e. The van der Waals surface area contributed by atoms with Crippen molar-refractivity contribution in [1.29, 1.82) is 0 Å². The smallest absolute Gasteiger partial charge is 0.268 e. The van der Waals surface area contributed by atoms with E-state index in [1.807, 2.05) is 48.5 Å². The minimum absolute atomic E-state index is 0.0294. The van der Waals surface area contributed by atoms with Crippen LogP contribution in [0.4, 0.5) is 5.69 Å². The minimum Gasteiger partial charge on any atom is -0.268 e. The fourth-order valence-corrected chi connectivity index (χ4v) is 3.48. The van der Waals surface area contributed by atoms with E-state index in [2.05, 4.69) is 27.6 Å². The van der Waals surface area contributed by atoms with Gasteiger partial charge in [-0.25, -0.2) is 4.98 Å². The zero-order chi connectivity index (χ0) is 20.4. The van der Waals surface area contributed by atoms with Crippen LogP contribution < -0.4 is 5.56 Å². The van der Waals surface area contributed by atoms with E-state index in [1.165, 1.54) is 12.1 Å². The molecule has 29 heavy (non-hydrogen) atoms. The van der Waals surface area contributed by atoms with Crippen LogP contribution in [0.3, 0.4) is 0 Å². The number of fused-ring (bicyclic) bond motifs is 1. The molecule has 0 saturated heterocycles. The van der Waals surface area contributed by atoms with Crippen molar-refractivity contribution in [1.82, 2.24) is 9.55 Å². The van der Waals surface area contributed by atoms with E-state index in [-0.39, 0.29) is 11.2 Å². The number of aromatic nitrogens is 2. The van der Waals surface area contributed by atoms with Crippen molar-refractivity contribution in [2.24, 2.45) is 0 Å². The van der Waals surface area contributed by atoms with E-state index < -0.39 is 4.92 Å². The van der Waals surface area contributed by atoms with Crippen LogP contribution in [0.1, 0.15) is 11.4 Å². The molecule has 0 bridgehead atoms. The maximum Gasteiger partial charge on any atom is 0.269 e. The van der Waals surface area contributed by atoms with Gasteiger partial charge in [-0.1, -0.05) is 24.3 Å². The first kappa shape index (κ1) is 19.0. The van der Waals surface area contributed by atoms with Crippen molar-refractivity contribution < 1.29 is 4.92 Å². The summed E-state index contributed by atoms with van der Waals surface area (Å²) in [7, 11) is 0. The molecule has 3 aromatic carbocycles. The van der Waals surface area contributed by atoms with Crippen LogP contribution >= 0.6 is 22.6 Å². The summed E-state index contributed by atoms with van der Waals surface area (Å²) in [5, 5.41) is 11.4. The van der Waals surface area contributed by atoms with E-state index in [9.17, 15) is 14.9 Å². The van der Waals surface area contributed by atoms with Crippen molar-refractivity contribution in [3.8, 4) is 5.69 Å². The summed E-state index contributed by atoms with van der Waals surface area (Å²) in [6.45, 7) is 0. The zero-order valence-electron chi connectivity index (χ0n) is 15.0. The van der Waals surface area contributed by atoms with Crippen molar-refractivity contribution in [3.05, 3.63) is 108 Å². The first-order chi connectivity index (χ1) is 14.0. The molecule has 0 radical (unpaired) electrons. The molecule has 1 aromatic heterocycles. The number of hydrogen-bond acceptors (Lipinski definition) is 4. The van der Waals surface area contributed by atoms with Gasteiger partial charge in [0.05, 0.1) is 21.5 Å². The highest BCUT2D eigenvalue weighted by Crippen LogP contribution is 2.18. The number of non-ortho nitro benzene ring substituents is 1. The Kier molecular flexibility index (Phi) is 5.22. The molecule has 0 atom stereocenters. The molecule has 142 valence electrons. The summed E-state index contributed by atoms with van der Waals surface area (Å²) in [5.41, 5.74) is 1.98. The molecule has 6 nitrogen and oxygen atoms in total. The van der Waals surface area contributed by atoms with Gasteiger partial charge in [-0.05, 0) is 76.7 Å². The number of nitro groups is 1. The number of nitro benzene ring substituents is 1. The Balaban J connectivity index is 1.87. The second kappa shape index (κ2) is 7.96. The number of hydrogen-bond donors (Lipinski definition) is 0. The minimum atomic E-state index is -0.438.